The number of rotatable bonds is 4. The average molecular weight is 295 g/mol. The number of amides is 1. The van der Waals surface area contributed by atoms with Crippen molar-refractivity contribution in [3.05, 3.63) is 63.7 Å². The van der Waals surface area contributed by atoms with Crippen LogP contribution in [-0.4, -0.2) is 5.91 Å². The Kier molecular flexibility index (Phi) is 5.02. The largest absolute Gasteiger partial charge is 0.321 e. The van der Waals surface area contributed by atoms with Gasteiger partial charge in [-0.2, -0.15) is 0 Å². The van der Waals surface area contributed by atoms with E-state index in [-0.39, 0.29) is 5.91 Å². The van der Waals surface area contributed by atoms with Gasteiger partial charge in [0.05, 0.1) is 0 Å². The van der Waals surface area contributed by atoms with E-state index < -0.39 is 0 Å². The topological polar surface area (TPSA) is 29.1 Å². The standard InChI is InChI=1S/C20H25NO/c1-6-16-9-8-10-17(7-2)19(16)21-20(22)18-14(4)11-13(3)12-15(18)5/h8-12H,6-7H2,1-5H3,(H,21,22). The van der Waals surface area contributed by atoms with Crippen molar-refractivity contribution in [1.29, 1.82) is 0 Å². The molecule has 0 aliphatic carbocycles. The number of carbonyl (C=O) groups is 1. The SMILES string of the molecule is CCc1cccc(CC)c1NC(=O)c1c(C)cc(C)cc1C. The van der Waals surface area contributed by atoms with Crippen molar-refractivity contribution in [2.45, 2.75) is 47.5 Å². The van der Waals surface area contributed by atoms with E-state index in [0.29, 0.717) is 0 Å². The van der Waals surface area contributed by atoms with E-state index in [0.717, 1.165) is 35.2 Å². The summed E-state index contributed by atoms with van der Waals surface area (Å²) in [5.41, 5.74) is 7.40. The summed E-state index contributed by atoms with van der Waals surface area (Å²) in [5.74, 6) is -0.00870. The van der Waals surface area contributed by atoms with Crippen LogP contribution in [0.4, 0.5) is 5.69 Å². The number of hydrogen-bond acceptors (Lipinski definition) is 1. The van der Waals surface area contributed by atoms with Crippen molar-refractivity contribution in [2.24, 2.45) is 0 Å². The molecule has 0 bridgehead atoms. The van der Waals surface area contributed by atoms with E-state index in [4.69, 9.17) is 0 Å². The molecule has 0 radical (unpaired) electrons. The molecule has 0 fully saturated rings. The zero-order valence-corrected chi connectivity index (χ0v) is 14.2. The predicted molar refractivity (Wildman–Crippen MR) is 93.8 cm³/mol. The Morgan fingerprint density at radius 2 is 1.45 bits per heavy atom. The second kappa shape index (κ2) is 6.78. The molecule has 0 unspecified atom stereocenters. The van der Waals surface area contributed by atoms with E-state index >= 15 is 0 Å². The van der Waals surface area contributed by atoms with Gasteiger partial charge in [-0.25, -0.2) is 0 Å². The second-order valence-corrected chi connectivity index (χ2v) is 5.89. The number of nitrogens with one attached hydrogen (secondary N) is 1. The van der Waals surface area contributed by atoms with Gasteiger partial charge in [0.15, 0.2) is 0 Å². The molecule has 0 aliphatic rings. The summed E-state index contributed by atoms with van der Waals surface area (Å²) >= 11 is 0. The Bertz CT molecular complexity index is 656. The maximum absolute atomic E-state index is 12.8. The first-order valence-corrected chi connectivity index (χ1v) is 7.97. The third-order valence-corrected chi connectivity index (χ3v) is 4.14. The van der Waals surface area contributed by atoms with Gasteiger partial charge >= 0.3 is 0 Å². The molecular weight excluding hydrogens is 270 g/mol. The van der Waals surface area contributed by atoms with Crippen molar-refractivity contribution in [2.75, 3.05) is 5.32 Å². The van der Waals surface area contributed by atoms with Crippen molar-refractivity contribution in [3.8, 4) is 0 Å². The molecule has 1 amide bonds. The lowest BCUT2D eigenvalue weighted by atomic mass is 9.98. The van der Waals surface area contributed by atoms with Crippen LogP contribution < -0.4 is 5.32 Å². The Labute approximate surface area is 133 Å². The van der Waals surface area contributed by atoms with Crippen LogP contribution in [0.25, 0.3) is 0 Å². The van der Waals surface area contributed by atoms with E-state index in [1.54, 1.807) is 0 Å². The molecule has 2 aromatic rings. The van der Waals surface area contributed by atoms with Crippen LogP contribution in [0.3, 0.4) is 0 Å². The molecule has 2 rings (SSSR count). The molecule has 116 valence electrons. The fourth-order valence-electron chi connectivity index (χ4n) is 3.12. The van der Waals surface area contributed by atoms with Gasteiger partial charge in [-0.1, -0.05) is 49.7 Å². The number of hydrogen-bond donors (Lipinski definition) is 1. The lowest BCUT2D eigenvalue weighted by Gasteiger charge is -2.16. The third-order valence-electron chi connectivity index (χ3n) is 4.14. The molecule has 22 heavy (non-hydrogen) atoms. The van der Waals surface area contributed by atoms with Gasteiger partial charge in [0.1, 0.15) is 0 Å². The Morgan fingerprint density at radius 1 is 0.955 bits per heavy atom. The highest BCUT2D eigenvalue weighted by molar-refractivity contribution is 6.07. The first kappa shape index (κ1) is 16.3. The minimum Gasteiger partial charge on any atom is -0.321 e. The van der Waals surface area contributed by atoms with Gasteiger partial charge in [-0.15, -0.1) is 0 Å². The minimum atomic E-state index is -0.00870. The van der Waals surface area contributed by atoms with Crippen LogP contribution in [0.2, 0.25) is 0 Å². The van der Waals surface area contributed by atoms with Crippen LogP contribution in [0.1, 0.15) is 52.0 Å². The second-order valence-electron chi connectivity index (χ2n) is 5.89. The zero-order valence-electron chi connectivity index (χ0n) is 14.2. The van der Waals surface area contributed by atoms with Crippen LogP contribution in [0.15, 0.2) is 30.3 Å². The number of carbonyl (C=O) groups excluding carboxylic acids is 1. The van der Waals surface area contributed by atoms with Gasteiger partial charge in [-0.3, -0.25) is 4.79 Å². The molecule has 2 nitrogen and oxygen atoms in total. The fourth-order valence-corrected chi connectivity index (χ4v) is 3.12. The smallest absolute Gasteiger partial charge is 0.256 e. The fraction of sp³-hybridized carbons (Fsp3) is 0.350. The highest BCUT2D eigenvalue weighted by Crippen LogP contribution is 2.25. The molecule has 0 heterocycles. The molecule has 1 N–H and O–H groups in total. The molecule has 0 saturated heterocycles. The highest BCUT2D eigenvalue weighted by atomic mass is 16.1. The van der Waals surface area contributed by atoms with Crippen LogP contribution in [0, 0.1) is 20.8 Å². The summed E-state index contributed by atoms with van der Waals surface area (Å²) in [7, 11) is 0. The average Bonchev–Trinajstić information content (AvgIpc) is 2.46. The number of para-hydroxylation sites is 1. The molecule has 0 saturated carbocycles. The summed E-state index contributed by atoms with van der Waals surface area (Å²) in [6.45, 7) is 10.3. The highest BCUT2D eigenvalue weighted by Gasteiger charge is 2.15. The normalized spacial score (nSPS) is 10.6. The van der Waals surface area contributed by atoms with Gasteiger partial charge in [-0.05, 0) is 55.9 Å². The summed E-state index contributed by atoms with van der Waals surface area (Å²) in [6, 6.07) is 10.4. The number of benzene rings is 2. The van der Waals surface area contributed by atoms with E-state index in [1.165, 1.54) is 16.7 Å². The third kappa shape index (κ3) is 3.22. The minimum absolute atomic E-state index is 0.00870. The molecule has 0 aromatic heterocycles. The maximum atomic E-state index is 12.8. The monoisotopic (exact) mass is 295 g/mol. The summed E-state index contributed by atoms with van der Waals surface area (Å²) in [5, 5.41) is 3.16. The number of aryl methyl sites for hydroxylation is 5. The lowest BCUT2D eigenvalue weighted by molar-refractivity contribution is 0.102. The van der Waals surface area contributed by atoms with Crippen LogP contribution >= 0.6 is 0 Å². The molecule has 0 spiro atoms. The molecule has 0 atom stereocenters. The van der Waals surface area contributed by atoms with Gasteiger partial charge in [0, 0.05) is 11.3 Å². The lowest BCUT2D eigenvalue weighted by Crippen LogP contribution is -2.17. The Hall–Kier alpha value is -2.09. The first-order chi connectivity index (χ1) is 10.5. The van der Waals surface area contributed by atoms with Crippen molar-refractivity contribution in [1.82, 2.24) is 0 Å². The quantitative estimate of drug-likeness (QED) is 0.846. The van der Waals surface area contributed by atoms with Crippen LogP contribution in [0.5, 0.6) is 0 Å². The van der Waals surface area contributed by atoms with E-state index in [9.17, 15) is 4.79 Å². The Balaban J connectivity index is 2.42. The maximum Gasteiger partial charge on any atom is 0.256 e. The van der Waals surface area contributed by atoms with Gasteiger partial charge in [0.2, 0.25) is 0 Å². The molecule has 2 heteroatoms. The predicted octanol–water partition coefficient (Wildman–Crippen LogP) is 4.99. The summed E-state index contributed by atoms with van der Waals surface area (Å²) in [4.78, 5) is 12.8. The van der Waals surface area contributed by atoms with Gasteiger partial charge < -0.3 is 5.32 Å². The molecular formula is C20H25NO. The van der Waals surface area contributed by atoms with Crippen molar-refractivity contribution >= 4 is 11.6 Å². The summed E-state index contributed by atoms with van der Waals surface area (Å²) in [6.07, 6.45) is 1.82. The Morgan fingerprint density at radius 3 is 1.91 bits per heavy atom. The summed E-state index contributed by atoms with van der Waals surface area (Å²) < 4.78 is 0. The molecule has 0 aliphatic heterocycles. The van der Waals surface area contributed by atoms with Gasteiger partial charge in [0.25, 0.3) is 5.91 Å². The van der Waals surface area contributed by atoms with Crippen molar-refractivity contribution in [3.63, 3.8) is 0 Å². The zero-order chi connectivity index (χ0) is 16.3. The number of anilines is 1. The van der Waals surface area contributed by atoms with Crippen molar-refractivity contribution < 1.29 is 4.79 Å². The first-order valence-electron chi connectivity index (χ1n) is 7.97. The van der Waals surface area contributed by atoms with E-state index in [1.807, 2.05) is 13.8 Å². The molecule has 2 aromatic carbocycles. The van der Waals surface area contributed by atoms with Crippen LogP contribution in [-0.2, 0) is 12.8 Å². The van der Waals surface area contributed by atoms with E-state index in [2.05, 4.69) is 56.4 Å².